The number of aliphatic hydroxyl groups excluding tert-OH is 2. The monoisotopic (exact) mass is 306 g/mol. The molecular formula is C15H18N2O5. The highest BCUT2D eigenvalue weighted by atomic mass is 16.5. The lowest BCUT2D eigenvalue weighted by Crippen LogP contribution is -2.29. The fourth-order valence-corrected chi connectivity index (χ4v) is 2.11. The van der Waals surface area contributed by atoms with Gasteiger partial charge < -0.3 is 19.7 Å². The molecule has 22 heavy (non-hydrogen) atoms. The molecule has 1 heterocycles. The molecule has 1 aromatic carbocycles. The number of carbonyl (C=O) groups excluding carboxylic acids is 1. The predicted octanol–water partition coefficient (Wildman–Crippen LogP) is 0.507. The first-order valence-corrected chi connectivity index (χ1v) is 6.65. The molecule has 0 radical (unpaired) electrons. The zero-order chi connectivity index (χ0) is 16.1. The number of benzene rings is 1. The summed E-state index contributed by atoms with van der Waals surface area (Å²) >= 11 is 0. The number of hydrogen-bond acceptors (Lipinski definition) is 6. The zero-order valence-electron chi connectivity index (χ0n) is 12.3. The van der Waals surface area contributed by atoms with E-state index < -0.39 is 18.2 Å². The zero-order valence-corrected chi connectivity index (χ0v) is 12.3. The van der Waals surface area contributed by atoms with Crippen molar-refractivity contribution in [3.8, 4) is 5.75 Å². The van der Waals surface area contributed by atoms with Crippen LogP contribution >= 0.6 is 0 Å². The Morgan fingerprint density at radius 1 is 1.36 bits per heavy atom. The molecule has 2 atom stereocenters. The summed E-state index contributed by atoms with van der Waals surface area (Å²) in [7, 11) is 2.69. The van der Waals surface area contributed by atoms with Crippen molar-refractivity contribution in [2.45, 2.75) is 18.8 Å². The Balaban J connectivity index is 2.28. The number of methoxy groups -OCH3 is 2. The van der Waals surface area contributed by atoms with Crippen LogP contribution in [0.4, 0.5) is 0 Å². The Labute approximate surface area is 127 Å². The second kappa shape index (κ2) is 7.06. The Morgan fingerprint density at radius 2 is 2.14 bits per heavy atom. The van der Waals surface area contributed by atoms with Gasteiger partial charge in [-0.15, -0.1) is 0 Å². The number of aromatic nitrogens is 2. The molecule has 1 aromatic heterocycles. The van der Waals surface area contributed by atoms with Crippen molar-refractivity contribution in [1.82, 2.24) is 9.78 Å². The van der Waals surface area contributed by atoms with Crippen LogP contribution in [0.3, 0.4) is 0 Å². The summed E-state index contributed by atoms with van der Waals surface area (Å²) in [6.07, 6.45) is 0.434. The minimum Gasteiger partial charge on any atom is -0.496 e. The third-order valence-electron chi connectivity index (χ3n) is 3.28. The smallest absolute Gasteiger partial charge is 0.337 e. The quantitative estimate of drug-likeness (QED) is 0.755. The molecule has 0 saturated heterocycles. The number of carbonyl (C=O) groups is 1. The van der Waals surface area contributed by atoms with Crippen molar-refractivity contribution in [2.24, 2.45) is 0 Å². The van der Waals surface area contributed by atoms with E-state index in [9.17, 15) is 15.0 Å². The lowest BCUT2D eigenvalue weighted by molar-refractivity contribution is -0.156. The molecule has 0 aliphatic heterocycles. The molecule has 7 heteroatoms. The molecular weight excluding hydrogens is 288 g/mol. The second-order valence-electron chi connectivity index (χ2n) is 4.69. The Morgan fingerprint density at radius 3 is 2.73 bits per heavy atom. The Bertz CT molecular complexity index is 627. The largest absolute Gasteiger partial charge is 0.496 e. The van der Waals surface area contributed by atoms with Gasteiger partial charge in [0, 0.05) is 18.0 Å². The average Bonchev–Trinajstić information content (AvgIpc) is 3.05. The van der Waals surface area contributed by atoms with Crippen molar-refractivity contribution in [3.05, 3.63) is 47.8 Å². The van der Waals surface area contributed by atoms with Gasteiger partial charge in [-0.2, -0.15) is 5.10 Å². The van der Waals surface area contributed by atoms with Gasteiger partial charge in [0.15, 0.2) is 6.10 Å². The first kappa shape index (κ1) is 16.0. The van der Waals surface area contributed by atoms with Crippen molar-refractivity contribution in [2.75, 3.05) is 14.2 Å². The van der Waals surface area contributed by atoms with Crippen molar-refractivity contribution < 1.29 is 24.5 Å². The van der Waals surface area contributed by atoms with Crippen LogP contribution in [0.1, 0.15) is 17.2 Å². The predicted molar refractivity (Wildman–Crippen MR) is 77.3 cm³/mol. The van der Waals surface area contributed by atoms with Gasteiger partial charge in [-0.3, -0.25) is 4.68 Å². The van der Waals surface area contributed by atoms with E-state index in [1.54, 1.807) is 48.5 Å². The highest BCUT2D eigenvalue weighted by Crippen LogP contribution is 2.26. The molecule has 0 bridgehead atoms. The van der Waals surface area contributed by atoms with Gasteiger partial charge in [-0.1, -0.05) is 6.07 Å². The first-order valence-electron chi connectivity index (χ1n) is 6.65. The van der Waals surface area contributed by atoms with Crippen LogP contribution in [0.15, 0.2) is 36.7 Å². The molecule has 118 valence electrons. The first-order chi connectivity index (χ1) is 10.6. The average molecular weight is 306 g/mol. The minimum atomic E-state index is -1.64. The standard InChI is InChI=1S/C15H18N2O5/c1-21-12-5-4-10(13(18)14(19)15(20)22-2)8-11(12)9-17-7-3-6-16-17/h3-8,13-14,18-19H,9H2,1-2H3. The summed E-state index contributed by atoms with van der Waals surface area (Å²) in [5.74, 6) is -0.268. The fraction of sp³-hybridized carbons (Fsp3) is 0.333. The van der Waals surface area contributed by atoms with E-state index in [0.29, 0.717) is 17.9 Å². The SMILES string of the molecule is COC(=O)C(O)C(O)c1ccc(OC)c(Cn2cccn2)c1. The van der Waals surface area contributed by atoms with Crippen molar-refractivity contribution in [3.63, 3.8) is 0 Å². The van der Waals surface area contributed by atoms with Gasteiger partial charge in [0.05, 0.1) is 20.8 Å². The maximum atomic E-state index is 11.3. The van der Waals surface area contributed by atoms with E-state index in [1.807, 2.05) is 0 Å². The highest BCUT2D eigenvalue weighted by Gasteiger charge is 2.27. The van der Waals surface area contributed by atoms with Crippen LogP contribution in [0.25, 0.3) is 0 Å². The molecule has 0 saturated carbocycles. The van der Waals surface area contributed by atoms with E-state index in [0.717, 1.165) is 12.7 Å². The summed E-state index contributed by atoms with van der Waals surface area (Å²) in [5.41, 5.74) is 1.15. The number of esters is 1. The normalized spacial score (nSPS) is 13.5. The summed E-state index contributed by atoms with van der Waals surface area (Å²) in [6.45, 7) is 0.436. The highest BCUT2D eigenvalue weighted by molar-refractivity contribution is 5.75. The van der Waals surface area contributed by atoms with Crippen molar-refractivity contribution >= 4 is 5.97 Å². The Kier molecular flexibility index (Phi) is 5.13. The van der Waals surface area contributed by atoms with Crippen LogP contribution < -0.4 is 4.74 Å². The Hall–Kier alpha value is -2.38. The fourth-order valence-electron chi connectivity index (χ4n) is 2.11. The molecule has 0 aliphatic carbocycles. The van der Waals surface area contributed by atoms with Crippen LogP contribution in [0.5, 0.6) is 5.75 Å². The van der Waals surface area contributed by atoms with E-state index in [-0.39, 0.29) is 0 Å². The van der Waals surface area contributed by atoms with E-state index in [1.165, 1.54) is 0 Å². The van der Waals surface area contributed by atoms with E-state index in [4.69, 9.17) is 4.74 Å². The number of rotatable bonds is 6. The van der Waals surface area contributed by atoms with Crippen LogP contribution in [-0.2, 0) is 16.1 Å². The third kappa shape index (κ3) is 3.44. The summed E-state index contributed by atoms with van der Waals surface area (Å²) in [6, 6.07) is 6.72. The van der Waals surface area contributed by atoms with Gasteiger partial charge in [-0.05, 0) is 23.8 Å². The lowest BCUT2D eigenvalue weighted by Gasteiger charge is -2.18. The summed E-state index contributed by atoms with van der Waals surface area (Å²) in [5, 5.41) is 23.9. The molecule has 2 aromatic rings. The van der Waals surface area contributed by atoms with Crippen LogP contribution in [0, 0.1) is 0 Å². The molecule has 7 nitrogen and oxygen atoms in total. The maximum Gasteiger partial charge on any atom is 0.337 e. The molecule has 2 unspecified atom stereocenters. The molecule has 0 aliphatic rings. The third-order valence-corrected chi connectivity index (χ3v) is 3.28. The van der Waals surface area contributed by atoms with E-state index in [2.05, 4.69) is 9.84 Å². The lowest BCUT2D eigenvalue weighted by atomic mass is 10.0. The number of ether oxygens (including phenoxy) is 2. The summed E-state index contributed by atoms with van der Waals surface area (Å²) in [4.78, 5) is 11.3. The van der Waals surface area contributed by atoms with Gasteiger partial charge in [0.2, 0.25) is 0 Å². The van der Waals surface area contributed by atoms with Gasteiger partial charge >= 0.3 is 5.97 Å². The number of nitrogens with zero attached hydrogens (tertiary/aromatic N) is 2. The summed E-state index contributed by atoms with van der Waals surface area (Å²) < 4.78 is 11.4. The van der Waals surface area contributed by atoms with Gasteiger partial charge in [0.1, 0.15) is 11.9 Å². The topological polar surface area (TPSA) is 93.8 Å². The van der Waals surface area contributed by atoms with Crippen LogP contribution in [-0.4, -0.2) is 46.3 Å². The minimum absolute atomic E-state index is 0.390. The number of hydrogen-bond donors (Lipinski definition) is 2. The maximum absolute atomic E-state index is 11.3. The molecule has 2 rings (SSSR count). The second-order valence-corrected chi connectivity index (χ2v) is 4.69. The van der Waals surface area contributed by atoms with Crippen LogP contribution in [0.2, 0.25) is 0 Å². The van der Waals surface area contributed by atoms with Gasteiger partial charge in [0.25, 0.3) is 0 Å². The molecule has 0 fully saturated rings. The van der Waals surface area contributed by atoms with E-state index >= 15 is 0 Å². The van der Waals surface area contributed by atoms with Gasteiger partial charge in [-0.25, -0.2) is 4.79 Å². The molecule has 0 amide bonds. The number of aliphatic hydroxyl groups is 2. The molecule has 0 spiro atoms. The van der Waals surface area contributed by atoms with Crippen molar-refractivity contribution in [1.29, 1.82) is 0 Å². The molecule has 2 N–H and O–H groups in total.